The molecule has 0 spiro atoms. The third-order valence-electron chi connectivity index (χ3n) is 2.34. The molecule has 2 aromatic rings. The lowest BCUT2D eigenvalue weighted by Gasteiger charge is -2.11. The molecule has 5 nitrogen and oxygen atoms in total. The van der Waals surface area contributed by atoms with E-state index in [0.29, 0.717) is 22.9 Å². The van der Waals surface area contributed by atoms with E-state index in [2.05, 4.69) is 9.97 Å². The Morgan fingerprint density at radius 1 is 1.38 bits per heavy atom. The highest BCUT2D eigenvalue weighted by molar-refractivity contribution is 5.31. The zero-order valence-corrected chi connectivity index (χ0v) is 9.04. The fourth-order valence-corrected chi connectivity index (χ4v) is 1.51. The Morgan fingerprint density at radius 3 is 2.75 bits per heavy atom. The number of methoxy groups -OCH3 is 1. The van der Waals surface area contributed by atoms with Crippen LogP contribution < -0.4 is 4.74 Å². The van der Waals surface area contributed by atoms with Gasteiger partial charge in [-0.05, 0) is 13.0 Å². The first-order valence-corrected chi connectivity index (χ1v) is 4.81. The second-order valence-electron chi connectivity index (χ2n) is 3.29. The number of hydrogen-bond acceptors (Lipinski definition) is 5. The highest BCUT2D eigenvalue weighted by atomic mass is 16.5. The monoisotopic (exact) mass is 220 g/mol. The van der Waals surface area contributed by atoms with Gasteiger partial charge in [-0.25, -0.2) is 4.98 Å². The average molecular weight is 220 g/mol. The van der Waals surface area contributed by atoms with Gasteiger partial charge in [-0.3, -0.25) is 4.98 Å². The van der Waals surface area contributed by atoms with Crippen LogP contribution in [0.25, 0.3) is 0 Å². The maximum atomic E-state index is 10.1. The fraction of sp³-hybridized carbons (Fsp3) is 0.273. The van der Waals surface area contributed by atoms with E-state index < -0.39 is 6.10 Å². The normalized spacial score (nSPS) is 12.4. The van der Waals surface area contributed by atoms with E-state index in [1.165, 1.54) is 25.8 Å². The quantitative estimate of drug-likeness (QED) is 0.848. The number of rotatable bonds is 3. The topological polar surface area (TPSA) is 68.4 Å². The summed E-state index contributed by atoms with van der Waals surface area (Å²) in [6.45, 7) is 1.78. The molecule has 1 N–H and O–H groups in total. The Labute approximate surface area is 92.7 Å². The van der Waals surface area contributed by atoms with E-state index >= 15 is 0 Å². The van der Waals surface area contributed by atoms with E-state index in [1.54, 1.807) is 13.0 Å². The molecule has 2 rings (SSSR count). The number of ether oxygens (including phenoxy) is 1. The predicted octanol–water partition coefficient (Wildman–Crippen LogP) is 1.47. The van der Waals surface area contributed by atoms with Crippen molar-refractivity contribution in [2.24, 2.45) is 0 Å². The lowest BCUT2D eigenvalue weighted by Crippen LogP contribution is -2.06. The molecular weight excluding hydrogens is 208 g/mol. The van der Waals surface area contributed by atoms with E-state index in [4.69, 9.17) is 9.15 Å². The molecule has 2 heterocycles. The summed E-state index contributed by atoms with van der Waals surface area (Å²) in [7, 11) is 1.49. The summed E-state index contributed by atoms with van der Waals surface area (Å²) in [6, 6.07) is 1.70. The molecule has 0 radical (unpaired) electrons. The molecule has 0 fully saturated rings. The molecule has 0 aliphatic rings. The minimum absolute atomic E-state index is 0.315. The van der Waals surface area contributed by atoms with Crippen molar-refractivity contribution in [1.29, 1.82) is 0 Å². The molecular formula is C11H12N2O3. The number of aliphatic hydroxyl groups excluding tert-OH is 1. The Hall–Kier alpha value is -1.88. The van der Waals surface area contributed by atoms with Gasteiger partial charge in [0.15, 0.2) is 0 Å². The van der Waals surface area contributed by atoms with Crippen LogP contribution in [0.5, 0.6) is 5.88 Å². The van der Waals surface area contributed by atoms with Gasteiger partial charge in [-0.1, -0.05) is 0 Å². The highest BCUT2D eigenvalue weighted by Gasteiger charge is 2.20. The van der Waals surface area contributed by atoms with Gasteiger partial charge < -0.3 is 14.3 Å². The zero-order chi connectivity index (χ0) is 11.5. The number of hydrogen-bond donors (Lipinski definition) is 1. The Bertz CT molecular complexity index is 482. The predicted molar refractivity (Wildman–Crippen MR) is 56.1 cm³/mol. The van der Waals surface area contributed by atoms with E-state index in [1.807, 2.05) is 0 Å². The minimum atomic E-state index is -0.887. The summed E-state index contributed by atoms with van der Waals surface area (Å²) in [4.78, 5) is 8.05. The van der Waals surface area contributed by atoms with Crippen LogP contribution in [0.4, 0.5) is 0 Å². The van der Waals surface area contributed by atoms with E-state index in [-0.39, 0.29) is 0 Å². The Balaban J connectivity index is 2.41. The summed E-state index contributed by atoms with van der Waals surface area (Å²) in [5.41, 5.74) is 1.05. The second-order valence-corrected chi connectivity index (χ2v) is 3.29. The van der Waals surface area contributed by atoms with Crippen molar-refractivity contribution in [3.8, 4) is 5.88 Å². The fourth-order valence-electron chi connectivity index (χ4n) is 1.51. The van der Waals surface area contributed by atoms with Crippen molar-refractivity contribution in [3.05, 3.63) is 41.7 Å². The zero-order valence-electron chi connectivity index (χ0n) is 9.04. The Kier molecular flexibility index (Phi) is 2.87. The minimum Gasteiger partial charge on any atom is -0.480 e. The second kappa shape index (κ2) is 4.32. The molecule has 1 unspecified atom stereocenters. The van der Waals surface area contributed by atoms with Gasteiger partial charge >= 0.3 is 0 Å². The summed E-state index contributed by atoms with van der Waals surface area (Å²) in [5.74, 6) is 0.968. The summed E-state index contributed by atoms with van der Waals surface area (Å²) >= 11 is 0. The van der Waals surface area contributed by atoms with Crippen molar-refractivity contribution >= 4 is 0 Å². The van der Waals surface area contributed by atoms with Crippen LogP contribution in [-0.2, 0) is 0 Å². The number of aromatic nitrogens is 2. The van der Waals surface area contributed by atoms with Crippen molar-refractivity contribution in [1.82, 2.24) is 9.97 Å². The maximum absolute atomic E-state index is 10.1. The smallest absolute Gasteiger partial charge is 0.238 e. The molecule has 1 atom stereocenters. The van der Waals surface area contributed by atoms with Crippen molar-refractivity contribution in [2.75, 3.05) is 7.11 Å². The molecule has 2 aromatic heterocycles. The highest BCUT2D eigenvalue weighted by Crippen LogP contribution is 2.28. The number of nitrogens with zero attached hydrogens (tertiary/aromatic N) is 2. The first-order chi connectivity index (χ1) is 7.74. The molecule has 0 saturated heterocycles. The Morgan fingerprint density at radius 2 is 2.12 bits per heavy atom. The molecule has 16 heavy (non-hydrogen) atoms. The van der Waals surface area contributed by atoms with Gasteiger partial charge in [0.2, 0.25) is 5.88 Å². The van der Waals surface area contributed by atoms with Gasteiger partial charge in [0.1, 0.15) is 17.6 Å². The molecule has 0 aliphatic carbocycles. The van der Waals surface area contributed by atoms with Gasteiger partial charge in [0.05, 0.1) is 13.4 Å². The number of aliphatic hydroxyl groups is 1. The standard InChI is InChI=1S/C11H12N2O3/c1-7-8(3-6-16-7)10(14)9-11(15-2)13-5-4-12-9/h3-6,10,14H,1-2H3. The molecule has 0 aromatic carbocycles. The average Bonchev–Trinajstić information content (AvgIpc) is 2.74. The summed E-state index contributed by atoms with van der Waals surface area (Å²) < 4.78 is 10.2. The molecule has 5 heteroatoms. The molecule has 0 aliphatic heterocycles. The van der Waals surface area contributed by atoms with Gasteiger partial charge in [0, 0.05) is 18.0 Å². The lowest BCUT2D eigenvalue weighted by atomic mass is 10.1. The summed E-state index contributed by atoms with van der Waals surface area (Å²) in [6.07, 6.45) is 3.66. The third kappa shape index (κ3) is 1.77. The van der Waals surface area contributed by atoms with Crippen LogP contribution in [-0.4, -0.2) is 22.2 Å². The number of furan rings is 1. The van der Waals surface area contributed by atoms with Crippen LogP contribution in [0.1, 0.15) is 23.1 Å². The lowest BCUT2D eigenvalue weighted by molar-refractivity contribution is 0.205. The van der Waals surface area contributed by atoms with Crippen LogP contribution in [0.2, 0.25) is 0 Å². The van der Waals surface area contributed by atoms with Crippen LogP contribution in [0.3, 0.4) is 0 Å². The van der Waals surface area contributed by atoms with Gasteiger partial charge in [-0.15, -0.1) is 0 Å². The first kappa shape index (κ1) is 10.6. The number of aryl methyl sites for hydroxylation is 1. The van der Waals surface area contributed by atoms with Crippen molar-refractivity contribution in [2.45, 2.75) is 13.0 Å². The molecule has 84 valence electrons. The molecule has 0 saturated carbocycles. The maximum Gasteiger partial charge on any atom is 0.238 e. The van der Waals surface area contributed by atoms with E-state index in [0.717, 1.165) is 0 Å². The van der Waals surface area contributed by atoms with Crippen LogP contribution in [0.15, 0.2) is 29.1 Å². The van der Waals surface area contributed by atoms with Crippen molar-refractivity contribution < 1.29 is 14.3 Å². The van der Waals surface area contributed by atoms with Crippen LogP contribution in [0, 0.1) is 6.92 Å². The largest absolute Gasteiger partial charge is 0.480 e. The first-order valence-electron chi connectivity index (χ1n) is 4.81. The summed E-state index contributed by atoms with van der Waals surface area (Å²) in [5, 5.41) is 10.1. The van der Waals surface area contributed by atoms with Gasteiger partial charge in [0.25, 0.3) is 0 Å². The van der Waals surface area contributed by atoms with E-state index in [9.17, 15) is 5.11 Å². The third-order valence-corrected chi connectivity index (χ3v) is 2.34. The molecule has 0 amide bonds. The van der Waals surface area contributed by atoms with Crippen molar-refractivity contribution in [3.63, 3.8) is 0 Å². The van der Waals surface area contributed by atoms with Crippen LogP contribution >= 0.6 is 0 Å². The molecule has 0 bridgehead atoms. The van der Waals surface area contributed by atoms with Gasteiger partial charge in [-0.2, -0.15) is 0 Å². The SMILES string of the molecule is COc1nccnc1C(O)c1ccoc1C.